The molecule has 19 heavy (non-hydrogen) atoms. The van der Waals surface area contributed by atoms with Gasteiger partial charge in [-0.05, 0) is 50.0 Å². The highest BCUT2D eigenvalue weighted by atomic mass is 32.2. The molecule has 0 aromatic carbocycles. The summed E-state index contributed by atoms with van der Waals surface area (Å²) in [6.07, 6.45) is 12.4. The van der Waals surface area contributed by atoms with Crippen LogP contribution in [-0.4, -0.2) is 28.7 Å². The minimum atomic E-state index is -0.260. The van der Waals surface area contributed by atoms with E-state index in [1.165, 1.54) is 44.0 Å². The molecular weight excluding hydrogens is 276 g/mol. The summed E-state index contributed by atoms with van der Waals surface area (Å²) in [5, 5.41) is 0. The maximum absolute atomic E-state index is 11.0. The normalized spacial score (nSPS) is 18.4. The first-order chi connectivity index (χ1) is 9.22. The van der Waals surface area contributed by atoms with Crippen molar-refractivity contribution in [3.05, 3.63) is 24.8 Å². The average molecular weight is 300 g/mol. The van der Waals surface area contributed by atoms with Crippen LogP contribution in [0.15, 0.2) is 24.8 Å². The molecule has 1 saturated heterocycles. The van der Waals surface area contributed by atoms with E-state index in [0.717, 1.165) is 19.3 Å². The number of carbonyl (C=O) groups is 1. The Bertz CT molecular complexity index is 307. The highest BCUT2D eigenvalue weighted by molar-refractivity contribution is 8.18. The Morgan fingerprint density at radius 3 is 2.68 bits per heavy atom. The van der Waals surface area contributed by atoms with E-state index in [9.17, 15) is 4.79 Å². The summed E-state index contributed by atoms with van der Waals surface area (Å²) in [7, 11) is 1.41. The van der Waals surface area contributed by atoms with E-state index in [4.69, 9.17) is 0 Å². The van der Waals surface area contributed by atoms with E-state index in [-0.39, 0.29) is 5.97 Å². The van der Waals surface area contributed by atoms with Crippen molar-refractivity contribution in [2.45, 2.75) is 42.6 Å². The zero-order valence-electron chi connectivity index (χ0n) is 11.7. The molecule has 0 radical (unpaired) electrons. The molecule has 1 aliphatic heterocycles. The number of rotatable bonds is 8. The van der Waals surface area contributed by atoms with Gasteiger partial charge >= 0.3 is 5.97 Å². The van der Waals surface area contributed by atoms with Gasteiger partial charge in [0.1, 0.15) is 0 Å². The summed E-state index contributed by atoms with van der Waals surface area (Å²) >= 11 is 4.21. The van der Waals surface area contributed by atoms with Gasteiger partial charge < -0.3 is 4.74 Å². The summed E-state index contributed by atoms with van der Waals surface area (Å²) in [6, 6.07) is 0. The molecule has 0 atom stereocenters. The second kappa shape index (κ2) is 9.54. The first-order valence-electron chi connectivity index (χ1n) is 6.86. The smallest absolute Gasteiger partial charge is 0.330 e. The number of thioether (sulfide) groups is 2. The first-order valence-corrected chi connectivity index (χ1v) is 8.83. The predicted molar refractivity (Wildman–Crippen MR) is 86.7 cm³/mol. The molecule has 4 heteroatoms. The minimum Gasteiger partial charge on any atom is -0.466 e. The summed E-state index contributed by atoms with van der Waals surface area (Å²) in [5.41, 5.74) is 0. The lowest BCUT2D eigenvalue weighted by Crippen LogP contribution is -2.25. The maximum atomic E-state index is 11.0. The van der Waals surface area contributed by atoms with E-state index >= 15 is 0 Å². The zero-order chi connectivity index (χ0) is 14.0. The lowest BCUT2D eigenvalue weighted by atomic mass is 10.1. The maximum Gasteiger partial charge on any atom is 0.330 e. The van der Waals surface area contributed by atoms with Crippen LogP contribution in [0.5, 0.6) is 0 Å². The van der Waals surface area contributed by atoms with Gasteiger partial charge in [-0.25, -0.2) is 4.79 Å². The van der Waals surface area contributed by atoms with Gasteiger partial charge in [0.05, 0.1) is 11.2 Å². The fraction of sp³-hybridized carbons (Fsp3) is 0.667. The molecule has 1 aliphatic rings. The fourth-order valence-electron chi connectivity index (χ4n) is 2.10. The van der Waals surface area contributed by atoms with Crippen LogP contribution in [0.1, 0.15) is 38.5 Å². The summed E-state index contributed by atoms with van der Waals surface area (Å²) < 4.78 is 4.95. The molecule has 0 N–H and O–H groups in total. The van der Waals surface area contributed by atoms with Gasteiger partial charge in [0.2, 0.25) is 0 Å². The van der Waals surface area contributed by atoms with Crippen LogP contribution in [0.25, 0.3) is 0 Å². The lowest BCUT2D eigenvalue weighted by Gasteiger charge is -2.36. The molecule has 0 aliphatic carbocycles. The molecule has 0 bridgehead atoms. The summed E-state index contributed by atoms with van der Waals surface area (Å²) in [5.74, 6) is 2.27. The van der Waals surface area contributed by atoms with E-state index in [1.54, 1.807) is 0 Å². The second-order valence-electron chi connectivity index (χ2n) is 4.61. The third kappa shape index (κ3) is 6.57. The highest BCUT2D eigenvalue weighted by Gasteiger charge is 2.32. The number of carbonyl (C=O) groups excluding carboxylic acids is 1. The van der Waals surface area contributed by atoms with Crippen molar-refractivity contribution in [1.29, 1.82) is 0 Å². The summed E-state index contributed by atoms with van der Waals surface area (Å²) in [6.45, 7) is 3.79. The molecule has 0 aromatic heterocycles. The Balaban J connectivity index is 2.42. The molecule has 0 aromatic rings. The number of methoxy groups -OCH3 is 1. The van der Waals surface area contributed by atoms with Gasteiger partial charge in [0, 0.05) is 6.08 Å². The minimum absolute atomic E-state index is 0.260. The molecule has 0 saturated carbocycles. The zero-order valence-corrected chi connectivity index (χ0v) is 13.4. The molecule has 1 heterocycles. The number of hydrogen-bond donors (Lipinski definition) is 0. The average Bonchev–Trinajstić information content (AvgIpc) is 2.45. The standard InChI is InChI=1S/C15H24O2S2/c1-3-4-6-10-15(18-12-8-13-19-15)11-7-5-9-14(16)17-2/h3,5,9H,1,4,6-8,10-13H2,2H3. The molecule has 0 amide bonds. The number of allylic oxidation sites excluding steroid dienone is 2. The van der Waals surface area contributed by atoms with Gasteiger partial charge in [-0.15, -0.1) is 30.1 Å². The third-order valence-electron chi connectivity index (χ3n) is 3.13. The Morgan fingerprint density at radius 1 is 1.32 bits per heavy atom. The Kier molecular flexibility index (Phi) is 8.38. The molecule has 0 spiro atoms. The van der Waals surface area contributed by atoms with Gasteiger partial charge in [0.25, 0.3) is 0 Å². The largest absolute Gasteiger partial charge is 0.466 e. The van der Waals surface area contributed by atoms with Crippen molar-refractivity contribution in [1.82, 2.24) is 0 Å². The number of unbranched alkanes of at least 4 members (excludes halogenated alkanes) is 1. The van der Waals surface area contributed by atoms with E-state index in [2.05, 4.69) is 34.8 Å². The van der Waals surface area contributed by atoms with Gasteiger partial charge in [-0.3, -0.25) is 0 Å². The van der Waals surface area contributed by atoms with E-state index < -0.39 is 0 Å². The van der Waals surface area contributed by atoms with E-state index in [1.807, 2.05) is 12.2 Å². The van der Waals surface area contributed by atoms with Crippen molar-refractivity contribution >= 4 is 29.5 Å². The van der Waals surface area contributed by atoms with Crippen molar-refractivity contribution < 1.29 is 9.53 Å². The highest BCUT2D eigenvalue weighted by Crippen LogP contribution is 2.48. The second-order valence-corrected chi connectivity index (χ2v) is 7.82. The van der Waals surface area contributed by atoms with Crippen molar-refractivity contribution in [2.24, 2.45) is 0 Å². The molecule has 2 nitrogen and oxygen atoms in total. The molecule has 1 rings (SSSR count). The van der Waals surface area contributed by atoms with Gasteiger partial charge in [0.15, 0.2) is 0 Å². The van der Waals surface area contributed by atoms with Crippen LogP contribution in [0, 0.1) is 0 Å². The Morgan fingerprint density at radius 2 is 2.05 bits per heavy atom. The lowest BCUT2D eigenvalue weighted by molar-refractivity contribution is -0.134. The van der Waals surface area contributed by atoms with Crippen LogP contribution >= 0.6 is 23.5 Å². The monoisotopic (exact) mass is 300 g/mol. The molecule has 108 valence electrons. The molecule has 1 fully saturated rings. The Labute approximate surface area is 125 Å². The Hall–Kier alpha value is -0.350. The third-order valence-corrected chi connectivity index (χ3v) is 6.69. The number of hydrogen-bond acceptors (Lipinski definition) is 4. The number of esters is 1. The van der Waals surface area contributed by atoms with Crippen LogP contribution in [0.3, 0.4) is 0 Å². The van der Waals surface area contributed by atoms with Gasteiger partial charge in [-0.1, -0.05) is 12.2 Å². The SMILES string of the molecule is C=CCCCC1(CCC=CC(=O)OC)SCCCS1. The van der Waals surface area contributed by atoms with Crippen LogP contribution in [-0.2, 0) is 9.53 Å². The van der Waals surface area contributed by atoms with Crippen LogP contribution < -0.4 is 0 Å². The van der Waals surface area contributed by atoms with Crippen molar-refractivity contribution in [3.63, 3.8) is 0 Å². The first kappa shape index (κ1) is 16.7. The van der Waals surface area contributed by atoms with Crippen molar-refractivity contribution in [3.8, 4) is 0 Å². The van der Waals surface area contributed by atoms with Crippen LogP contribution in [0.2, 0.25) is 0 Å². The van der Waals surface area contributed by atoms with Crippen molar-refractivity contribution in [2.75, 3.05) is 18.6 Å². The quantitative estimate of drug-likeness (QED) is 0.287. The topological polar surface area (TPSA) is 26.3 Å². The molecule has 0 unspecified atom stereocenters. The number of ether oxygens (including phenoxy) is 1. The van der Waals surface area contributed by atoms with Crippen LogP contribution in [0.4, 0.5) is 0 Å². The predicted octanol–water partition coefficient (Wildman–Crippen LogP) is 4.42. The van der Waals surface area contributed by atoms with Gasteiger partial charge in [-0.2, -0.15) is 0 Å². The fourth-order valence-corrected chi connectivity index (χ4v) is 5.54. The van der Waals surface area contributed by atoms with E-state index in [0.29, 0.717) is 4.08 Å². The molecular formula is C15H24O2S2. The summed E-state index contributed by atoms with van der Waals surface area (Å²) in [4.78, 5) is 11.0.